The predicted octanol–water partition coefficient (Wildman–Crippen LogP) is 5.60. The minimum Gasteiger partial charge on any atom is -0.493 e. The van der Waals surface area contributed by atoms with Gasteiger partial charge in [-0.25, -0.2) is 0 Å². The van der Waals surface area contributed by atoms with Crippen molar-refractivity contribution in [2.45, 2.75) is 6.42 Å². The molecule has 5 rings (SSSR count). The third-order valence-corrected chi connectivity index (χ3v) is 6.47. The molecule has 0 spiro atoms. The number of ether oxygens (including phenoxy) is 4. The van der Waals surface area contributed by atoms with E-state index in [1.165, 1.54) is 11.1 Å². The van der Waals surface area contributed by atoms with Crippen LogP contribution in [0.3, 0.4) is 0 Å². The number of benzene rings is 4. The summed E-state index contributed by atoms with van der Waals surface area (Å²) in [5.41, 5.74) is 3.54. The summed E-state index contributed by atoms with van der Waals surface area (Å²) in [4.78, 5) is 0. The number of hydrogen-bond acceptors (Lipinski definition) is 4. The first-order chi connectivity index (χ1) is 16.6. The Morgan fingerprint density at radius 1 is 0.676 bits per heavy atom. The zero-order valence-corrected chi connectivity index (χ0v) is 20.1. The molecule has 0 saturated heterocycles. The molecule has 0 radical (unpaired) electrons. The van der Waals surface area contributed by atoms with Crippen LogP contribution in [0.1, 0.15) is 11.1 Å². The maximum atomic E-state index is 5.84. The largest absolute Gasteiger partial charge is 0.493 e. The van der Waals surface area contributed by atoms with Gasteiger partial charge in [-0.05, 0) is 47.2 Å². The summed E-state index contributed by atoms with van der Waals surface area (Å²) in [6.45, 7) is 0. The van der Waals surface area contributed by atoms with Crippen LogP contribution in [0, 0.1) is 0 Å². The standard InChI is InChI=1S/C29H28NO4/c1-30-17-23-27(20(13-18-9-7-6-8-10-18)15-26(33-4)29(23)34-5)21-12-11-19-14-24(31-2)25(32-3)16-22(19)28(21)30/h6-12,14-17H,13H2,1-5H3/q+1. The van der Waals surface area contributed by atoms with E-state index >= 15 is 0 Å². The number of methoxy groups -OCH3 is 4. The fourth-order valence-corrected chi connectivity index (χ4v) is 4.95. The molecule has 1 heterocycles. The Hall–Kier alpha value is -3.99. The van der Waals surface area contributed by atoms with E-state index in [1.54, 1.807) is 28.4 Å². The van der Waals surface area contributed by atoms with Crippen molar-refractivity contribution in [1.82, 2.24) is 0 Å². The molecule has 5 nitrogen and oxygen atoms in total. The van der Waals surface area contributed by atoms with Gasteiger partial charge in [0.15, 0.2) is 29.2 Å². The lowest BCUT2D eigenvalue weighted by Crippen LogP contribution is -2.29. The second-order valence-corrected chi connectivity index (χ2v) is 8.35. The molecular formula is C29H28NO4+. The predicted molar refractivity (Wildman–Crippen MR) is 136 cm³/mol. The molecule has 34 heavy (non-hydrogen) atoms. The van der Waals surface area contributed by atoms with E-state index in [9.17, 15) is 0 Å². The van der Waals surface area contributed by atoms with Crippen molar-refractivity contribution in [3.63, 3.8) is 0 Å². The first kappa shape index (κ1) is 21.8. The van der Waals surface area contributed by atoms with Crippen LogP contribution in [0.4, 0.5) is 0 Å². The van der Waals surface area contributed by atoms with Crippen LogP contribution >= 0.6 is 0 Å². The molecule has 0 aliphatic rings. The molecule has 0 amide bonds. The van der Waals surface area contributed by atoms with E-state index in [2.05, 4.69) is 66.3 Å². The average Bonchev–Trinajstić information content (AvgIpc) is 2.87. The highest BCUT2D eigenvalue weighted by molar-refractivity contribution is 6.16. The van der Waals surface area contributed by atoms with Crippen LogP contribution < -0.4 is 23.5 Å². The number of pyridine rings is 1. The van der Waals surface area contributed by atoms with Gasteiger partial charge in [-0.3, -0.25) is 0 Å². The minimum absolute atomic E-state index is 0.708. The summed E-state index contributed by atoms with van der Waals surface area (Å²) >= 11 is 0. The van der Waals surface area contributed by atoms with Gasteiger partial charge in [-0.2, -0.15) is 4.57 Å². The van der Waals surface area contributed by atoms with Crippen molar-refractivity contribution in [2.75, 3.05) is 28.4 Å². The summed E-state index contributed by atoms with van der Waals surface area (Å²) in [5.74, 6) is 2.89. The number of aromatic nitrogens is 1. The number of hydrogen-bond donors (Lipinski definition) is 0. The van der Waals surface area contributed by atoms with Crippen LogP contribution in [-0.4, -0.2) is 28.4 Å². The molecule has 0 N–H and O–H groups in total. The summed E-state index contributed by atoms with van der Waals surface area (Å²) in [6, 6.07) is 21.0. The molecule has 0 fully saturated rings. The summed E-state index contributed by atoms with van der Waals surface area (Å²) in [7, 11) is 8.76. The summed E-state index contributed by atoms with van der Waals surface area (Å²) in [6.07, 6.45) is 2.91. The molecule has 0 atom stereocenters. The maximum Gasteiger partial charge on any atom is 0.220 e. The first-order valence-corrected chi connectivity index (χ1v) is 11.2. The maximum absolute atomic E-state index is 5.84. The van der Waals surface area contributed by atoms with Gasteiger partial charge in [0.1, 0.15) is 7.05 Å². The highest BCUT2D eigenvalue weighted by atomic mass is 16.5. The fraction of sp³-hybridized carbons (Fsp3) is 0.207. The van der Waals surface area contributed by atoms with E-state index < -0.39 is 0 Å². The van der Waals surface area contributed by atoms with Crippen molar-refractivity contribution in [3.8, 4) is 23.0 Å². The number of rotatable bonds is 6. The fourth-order valence-electron chi connectivity index (χ4n) is 4.95. The molecule has 172 valence electrons. The van der Waals surface area contributed by atoms with Gasteiger partial charge in [0, 0.05) is 5.39 Å². The number of fused-ring (bicyclic) bond motifs is 5. The monoisotopic (exact) mass is 454 g/mol. The normalized spacial score (nSPS) is 11.2. The van der Waals surface area contributed by atoms with E-state index in [0.29, 0.717) is 11.5 Å². The zero-order valence-electron chi connectivity index (χ0n) is 20.1. The Kier molecular flexibility index (Phi) is 5.62. The third-order valence-electron chi connectivity index (χ3n) is 6.47. The molecule has 0 aliphatic carbocycles. The van der Waals surface area contributed by atoms with Gasteiger partial charge in [0.2, 0.25) is 5.52 Å². The number of aryl methyl sites for hydroxylation is 1. The van der Waals surface area contributed by atoms with E-state index in [1.807, 2.05) is 12.1 Å². The molecule has 5 aromatic rings. The molecule has 0 aliphatic heterocycles. The second-order valence-electron chi connectivity index (χ2n) is 8.35. The Labute approximate surface area is 199 Å². The van der Waals surface area contributed by atoms with Gasteiger partial charge in [-0.1, -0.05) is 36.4 Å². The highest BCUT2D eigenvalue weighted by Gasteiger charge is 2.23. The van der Waals surface area contributed by atoms with Crippen LogP contribution in [-0.2, 0) is 13.5 Å². The van der Waals surface area contributed by atoms with Gasteiger partial charge in [-0.15, -0.1) is 0 Å². The minimum atomic E-state index is 0.708. The van der Waals surface area contributed by atoms with Crippen LogP contribution in [0.15, 0.2) is 66.9 Å². The Balaban J connectivity index is 1.92. The Morgan fingerprint density at radius 3 is 2.06 bits per heavy atom. The van der Waals surface area contributed by atoms with Gasteiger partial charge in [0.05, 0.1) is 44.6 Å². The van der Waals surface area contributed by atoms with Crippen molar-refractivity contribution in [1.29, 1.82) is 0 Å². The second kappa shape index (κ2) is 8.75. The van der Waals surface area contributed by atoms with Gasteiger partial charge >= 0.3 is 0 Å². The summed E-state index contributed by atoms with van der Waals surface area (Å²) in [5, 5.41) is 5.51. The molecular weight excluding hydrogens is 426 g/mol. The summed E-state index contributed by atoms with van der Waals surface area (Å²) < 4.78 is 24.9. The number of nitrogens with zero attached hydrogens (tertiary/aromatic N) is 1. The molecule has 4 aromatic carbocycles. The topological polar surface area (TPSA) is 40.8 Å². The van der Waals surface area contributed by atoms with E-state index in [4.69, 9.17) is 18.9 Å². The van der Waals surface area contributed by atoms with Gasteiger partial charge < -0.3 is 18.9 Å². The molecule has 5 heteroatoms. The zero-order chi connectivity index (χ0) is 23.8. The first-order valence-electron chi connectivity index (χ1n) is 11.2. The quantitative estimate of drug-likeness (QED) is 0.248. The van der Waals surface area contributed by atoms with E-state index in [0.717, 1.165) is 50.4 Å². The van der Waals surface area contributed by atoms with Crippen LogP contribution in [0.25, 0.3) is 32.4 Å². The SMILES string of the molecule is COc1cc2ccc3c4c(Cc5ccccc5)cc(OC)c(OC)c4c[n+](C)c3c2cc1OC. The lowest BCUT2D eigenvalue weighted by atomic mass is 9.93. The van der Waals surface area contributed by atoms with E-state index in [-0.39, 0.29) is 0 Å². The molecule has 0 unspecified atom stereocenters. The Bertz CT molecular complexity index is 1530. The van der Waals surface area contributed by atoms with Crippen LogP contribution in [0.5, 0.6) is 23.0 Å². The molecule has 1 aromatic heterocycles. The van der Waals surface area contributed by atoms with Crippen molar-refractivity contribution in [2.24, 2.45) is 7.05 Å². The lowest BCUT2D eigenvalue weighted by molar-refractivity contribution is -0.642. The van der Waals surface area contributed by atoms with Gasteiger partial charge in [0.25, 0.3) is 0 Å². The third kappa shape index (κ3) is 3.45. The van der Waals surface area contributed by atoms with Crippen molar-refractivity contribution >= 4 is 32.4 Å². The molecule has 0 bridgehead atoms. The molecule has 0 saturated carbocycles. The van der Waals surface area contributed by atoms with Crippen molar-refractivity contribution < 1.29 is 23.5 Å². The van der Waals surface area contributed by atoms with Crippen LogP contribution in [0.2, 0.25) is 0 Å². The highest BCUT2D eigenvalue weighted by Crippen LogP contribution is 2.42. The lowest BCUT2D eigenvalue weighted by Gasteiger charge is -2.17. The average molecular weight is 455 g/mol. The van der Waals surface area contributed by atoms with Crippen molar-refractivity contribution in [3.05, 3.63) is 78.0 Å². The smallest absolute Gasteiger partial charge is 0.220 e. The Morgan fingerprint density at radius 2 is 1.38 bits per heavy atom.